The number of piperidine rings is 1. The number of hydrogen-bond acceptors (Lipinski definition) is 6. The van der Waals surface area contributed by atoms with E-state index in [-0.39, 0.29) is 53.7 Å². The number of aryl methyl sites for hydroxylation is 1. The van der Waals surface area contributed by atoms with Crippen molar-refractivity contribution in [1.29, 1.82) is 0 Å². The Kier molecular flexibility index (Phi) is 11.6. The van der Waals surface area contributed by atoms with E-state index in [1.54, 1.807) is 58.9 Å². The molecule has 0 atom stereocenters. The van der Waals surface area contributed by atoms with Gasteiger partial charge in [-0.1, -0.05) is 36.4 Å². The van der Waals surface area contributed by atoms with Crippen LogP contribution in [0, 0.1) is 13.5 Å². The van der Waals surface area contributed by atoms with Crippen LogP contribution < -0.4 is 15.6 Å². The summed E-state index contributed by atoms with van der Waals surface area (Å²) in [6.45, 7) is 8.12. The van der Waals surface area contributed by atoms with E-state index in [4.69, 9.17) is 6.57 Å². The Balaban J connectivity index is 0.000000522. The Bertz CT molecular complexity index is 2460. The highest BCUT2D eigenvalue weighted by Crippen LogP contribution is 2.32. The van der Waals surface area contributed by atoms with Crippen LogP contribution in [0.4, 0.5) is 36.8 Å². The molecule has 1 aliphatic heterocycles. The number of carbonyl (C=O) groups excluding carboxylic acids is 2. The van der Waals surface area contributed by atoms with Gasteiger partial charge in [0.05, 0.1) is 35.5 Å². The number of hydrogen-bond donors (Lipinski definition) is 1. The van der Waals surface area contributed by atoms with E-state index in [2.05, 4.69) is 10.2 Å². The van der Waals surface area contributed by atoms with Crippen LogP contribution in [0.1, 0.15) is 24.1 Å². The fraction of sp³-hybridized carbons (Fsp3) is 0.250. The van der Waals surface area contributed by atoms with Gasteiger partial charge in [0.1, 0.15) is 28.2 Å². The number of amides is 2. The Morgan fingerprint density at radius 2 is 1.55 bits per heavy atom. The molecule has 0 bridgehead atoms. The third-order valence-corrected chi connectivity index (χ3v) is 9.62. The molecule has 1 aliphatic rings. The molecule has 20 heteroatoms. The Hall–Kier alpha value is -6.20. The van der Waals surface area contributed by atoms with Gasteiger partial charge in [0.2, 0.25) is 0 Å². The van der Waals surface area contributed by atoms with E-state index < -0.39 is 51.7 Å². The van der Waals surface area contributed by atoms with Crippen LogP contribution in [0.2, 0.25) is 0 Å². The maximum atomic E-state index is 14.0. The van der Waals surface area contributed by atoms with Gasteiger partial charge in [-0.2, -0.15) is 30.9 Å². The largest absolute Gasteiger partial charge is 0.744 e. The van der Waals surface area contributed by atoms with Gasteiger partial charge >= 0.3 is 35.8 Å². The third kappa shape index (κ3) is 8.84. The molecule has 1 N–H and O–H groups in total. The van der Waals surface area contributed by atoms with Gasteiger partial charge in [-0.25, -0.2) is 32.0 Å². The van der Waals surface area contributed by atoms with Crippen molar-refractivity contribution in [3.05, 3.63) is 124 Å². The molecule has 2 aromatic heterocycles. The van der Waals surface area contributed by atoms with Crippen LogP contribution in [0.25, 0.3) is 27.7 Å². The molecule has 1 saturated heterocycles. The molecular weight excluding hydrogens is 772 g/mol. The highest BCUT2D eigenvalue weighted by molar-refractivity contribution is 7.85. The highest BCUT2D eigenvalue weighted by atomic mass is 32.2. The second-order valence-electron chi connectivity index (χ2n) is 12.4. The smallest absolute Gasteiger partial charge is 0.471 e. The summed E-state index contributed by atoms with van der Waals surface area (Å²) >= 11 is 0. The predicted molar refractivity (Wildman–Crippen MR) is 186 cm³/mol. The van der Waals surface area contributed by atoms with Gasteiger partial charge in [0.15, 0.2) is 11.4 Å². The van der Waals surface area contributed by atoms with Crippen LogP contribution >= 0.6 is 0 Å². The number of benzene rings is 3. The minimum atomic E-state index is -5.04. The average molecular weight is 804 g/mol. The minimum Gasteiger partial charge on any atom is -0.744 e. The molecule has 3 heterocycles. The number of likely N-dealkylation sites (tertiary alicyclic amines) is 1. The molecule has 13 nitrogen and oxygen atoms in total. The quantitative estimate of drug-likeness (QED) is 0.108. The van der Waals surface area contributed by atoms with Crippen LogP contribution in [-0.2, 0) is 28.1 Å². The first kappa shape index (κ1) is 41.0. The normalized spacial score (nSPS) is 13.8. The molecule has 6 rings (SSSR count). The first-order valence-corrected chi connectivity index (χ1v) is 17.9. The zero-order valence-corrected chi connectivity index (χ0v) is 30.2. The summed E-state index contributed by atoms with van der Waals surface area (Å²) in [6.07, 6.45) is -6.52. The minimum absolute atomic E-state index is 0.0253. The van der Waals surface area contributed by atoms with Crippen LogP contribution in [0.5, 0.6) is 0 Å². The zero-order chi connectivity index (χ0) is 41.2. The monoisotopic (exact) mass is 803 g/mol. The number of nitrogens with zero attached hydrogens (tertiary/aromatic N) is 6. The van der Waals surface area contributed by atoms with Crippen molar-refractivity contribution in [3.63, 3.8) is 0 Å². The van der Waals surface area contributed by atoms with E-state index in [9.17, 15) is 53.7 Å². The fourth-order valence-electron chi connectivity index (χ4n) is 6.07. The van der Waals surface area contributed by atoms with Crippen molar-refractivity contribution < 1.29 is 53.5 Å². The van der Waals surface area contributed by atoms with Crippen molar-refractivity contribution in [2.45, 2.75) is 43.1 Å². The van der Waals surface area contributed by atoms with Gasteiger partial charge in [-0.15, -0.1) is 0 Å². The molecule has 2 amide bonds. The number of imidazole rings is 2. The van der Waals surface area contributed by atoms with E-state index in [0.29, 0.717) is 16.3 Å². The summed E-state index contributed by atoms with van der Waals surface area (Å²) in [6, 6.07) is 16.0. The lowest BCUT2D eigenvalue weighted by Gasteiger charge is -2.32. The Morgan fingerprint density at radius 3 is 2.09 bits per heavy atom. The SMILES string of the molecule is O=S(=O)([O-])c1ccccc1.[C-]#[N+]c1ccc(-n2cc[n+](C)c2-c2c(C)n(-c3cccc(C(F)(F)F)c3)c(=O)n2C(=O)NC2CCN(C(=O)C(F)(F)F)CC2)cc1. The molecule has 0 aliphatic carbocycles. The third-order valence-electron chi connectivity index (χ3n) is 8.77. The zero-order valence-electron chi connectivity index (χ0n) is 29.4. The molecule has 0 unspecified atom stereocenters. The number of carbonyl (C=O) groups is 2. The molecule has 0 saturated carbocycles. The van der Waals surface area contributed by atoms with E-state index in [1.165, 1.54) is 37.3 Å². The van der Waals surface area contributed by atoms with Crippen molar-refractivity contribution in [2.75, 3.05) is 13.1 Å². The number of nitrogens with one attached hydrogen (secondary N) is 1. The molecule has 294 valence electrons. The van der Waals surface area contributed by atoms with Crippen molar-refractivity contribution in [1.82, 2.24) is 23.9 Å². The summed E-state index contributed by atoms with van der Waals surface area (Å²) in [5.41, 5.74) is -1.06. The Labute approximate surface area is 315 Å². The summed E-state index contributed by atoms with van der Waals surface area (Å²) in [4.78, 5) is 43.3. The van der Waals surface area contributed by atoms with Gasteiger partial charge in [-0.05, 0) is 62.2 Å². The van der Waals surface area contributed by atoms with E-state index >= 15 is 0 Å². The van der Waals surface area contributed by atoms with Gasteiger partial charge in [-0.3, -0.25) is 9.36 Å². The van der Waals surface area contributed by atoms with E-state index in [0.717, 1.165) is 27.3 Å². The molecule has 1 fully saturated rings. The molecule has 56 heavy (non-hydrogen) atoms. The lowest BCUT2D eigenvalue weighted by atomic mass is 10.1. The number of alkyl halides is 6. The number of aromatic nitrogens is 4. The number of halogens is 6. The second kappa shape index (κ2) is 15.9. The lowest BCUT2D eigenvalue weighted by molar-refractivity contribution is -0.659. The summed E-state index contributed by atoms with van der Waals surface area (Å²) in [7, 11) is -2.61. The van der Waals surface area contributed by atoms with Crippen molar-refractivity contribution >= 4 is 27.7 Å². The fourth-order valence-corrected chi connectivity index (χ4v) is 6.56. The molecular formula is C36H31F6N7O6S. The van der Waals surface area contributed by atoms with Crippen LogP contribution in [-0.4, -0.2) is 68.8 Å². The summed E-state index contributed by atoms with van der Waals surface area (Å²) < 4.78 is 115. The molecule has 0 radical (unpaired) electrons. The average Bonchev–Trinajstić information content (AvgIpc) is 3.65. The summed E-state index contributed by atoms with van der Waals surface area (Å²) in [5, 5.41) is 2.66. The van der Waals surface area contributed by atoms with Gasteiger partial charge in [0.25, 0.3) is 0 Å². The number of rotatable bonds is 5. The van der Waals surface area contributed by atoms with Crippen LogP contribution in [0.15, 0.2) is 101 Å². The summed E-state index contributed by atoms with van der Waals surface area (Å²) in [5.74, 6) is -1.70. The predicted octanol–water partition coefficient (Wildman–Crippen LogP) is 5.50. The van der Waals surface area contributed by atoms with Crippen LogP contribution in [0.3, 0.4) is 0 Å². The van der Waals surface area contributed by atoms with Gasteiger partial charge < -0.3 is 14.8 Å². The topological polar surface area (TPSA) is 147 Å². The van der Waals surface area contributed by atoms with Crippen molar-refractivity contribution in [3.8, 4) is 22.9 Å². The van der Waals surface area contributed by atoms with E-state index in [1.807, 2.05) is 0 Å². The molecule has 5 aromatic rings. The molecule has 3 aromatic carbocycles. The Morgan fingerprint density at radius 1 is 0.929 bits per heavy atom. The second-order valence-corrected chi connectivity index (χ2v) is 13.8. The molecule has 0 spiro atoms. The first-order valence-electron chi connectivity index (χ1n) is 16.5. The van der Waals surface area contributed by atoms with Crippen molar-refractivity contribution in [2.24, 2.45) is 7.05 Å². The first-order chi connectivity index (χ1) is 26.2. The van der Waals surface area contributed by atoms with Gasteiger partial charge in [0, 0.05) is 19.1 Å². The lowest BCUT2D eigenvalue weighted by Crippen LogP contribution is -2.51. The standard InChI is InChI=1S/C30H25F6N7O3.C6H6O3S/c1-18-24(25-39(3)15-16-41(25)22-9-7-20(37-2)8-10-22)43(28(46)42(18)23-6-4-5-19(17-23)29(31,32)33)27(45)38-21-11-13-40(14-12-21)26(44)30(34,35)36;7-10(8,9)6-4-2-1-3-5-6/h4-10,15-17,21H,11-14H2,1,3H3;1-5H,(H,7,8,9). The maximum Gasteiger partial charge on any atom is 0.471 e. The highest BCUT2D eigenvalue weighted by Gasteiger charge is 2.43. The maximum absolute atomic E-state index is 14.0.